The van der Waals surface area contributed by atoms with Crippen molar-refractivity contribution in [2.75, 3.05) is 6.61 Å². The number of ketones is 1. The number of aliphatic hydroxyl groups is 1. The quantitative estimate of drug-likeness (QED) is 0.675. The van der Waals surface area contributed by atoms with Crippen LogP contribution in [0.15, 0.2) is 42.5 Å². The van der Waals surface area contributed by atoms with Gasteiger partial charge in [0.1, 0.15) is 6.61 Å². The van der Waals surface area contributed by atoms with E-state index in [0.717, 1.165) is 48.1 Å². The van der Waals surface area contributed by atoms with E-state index < -0.39 is 18.3 Å². The van der Waals surface area contributed by atoms with Gasteiger partial charge in [0.25, 0.3) is 0 Å². The maximum absolute atomic E-state index is 13.0. The molecule has 0 heterocycles. The van der Waals surface area contributed by atoms with Crippen LogP contribution < -0.4 is 0 Å². The molecule has 0 bridgehead atoms. The predicted molar refractivity (Wildman–Crippen MR) is 104 cm³/mol. The number of ether oxygens (including phenoxy) is 1. The molecule has 0 fully saturated rings. The fraction of sp³-hybridized carbons (Fsp3) is 0.348. The highest BCUT2D eigenvalue weighted by atomic mass is 19.4. The van der Waals surface area contributed by atoms with Crippen LogP contribution in [0.1, 0.15) is 52.3 Å². The van der Waals surface area contributed by atoms with Gasteiger partial charge in [-0.1, -0.05) is 35.9 Å². The van der Waals surface area contributed by atoms with Crippen molar-refractivity contribution >= 4 is 11.9 Å². The van der Waals surface area contributed by atoms with Gasteiger partial charge in [-0.25, -0.2) is 0 Å². The topological polar surface area (TPSA) is 46.5 Å². The second kappa shape index (κ2) is 8.93. The summed E-state index contributed by atoms with van der Waals surface area (Å²) in [6.45, 7) is 1.24. The normalized spacial score (nSPS) is 16.8. The fourth-order valence-corrected chi connectivity index (χ4v) is 3.61. The molecule has 1 aliphatic rings. The van der Waals surface area contributed by atoms with Crippen LogP contribution in [0.5, 0.6) is 0 Å². The first kappa shape index (κ1) is 21.3. The van der Waals surface area contributed by atoms with Gasteiger partial charge in [-0.2, -0.15) is 13.2 Å². The van der Waals surface area contributed by atoms with Crippen molar-refractivity contribution in [3.05, 3.63) is 75.9 Å². The van der Waals surface area contributed by atoms with Crippen LogP contribution in [0, 0.1) is 6.92 Å². The second-order valence-corrected chi connectivity index (χ2v) is 7.31. The summed E-state index contributed by atoms with van der Waals surface area (Å²) in [4.78, 5) is 11.2. The van der Waals surface area contributed by atoms with E-state index >= 15 is 0 Å². The van der Waals surface area contributed by atoms with Crippen molar-refractivity contribution < 1.29 is 27.8 Å². The largest absolute Gasteiger partial charge is 0.416 e. The first-order valence-electron chi connectivity index (χ1n) is 9.50. The van der Waals surface area contributed by atoms with E-state index in [4.69, 9.17) is 9.84 Å². The van der Waals surface area contributed by atoms with Gasteiger partial charge < -0.3 is 9.84 Å². The Morgan fingerprint density at radius 1 is 1.24 bits per heavy atom. The van der Waals surface area contributed by atoms with Crippen LogP contribution in [0.2, 0.25) is 0 Å². The lowest BCUT2D eigenvalue weighted by Gasteiger charge is -2.26. The van der Waals surface area contributed by atoms with Crippen molar-refractivity contribution in [1.29, 1.82) is 0 Å². The van der Waals surface area contributed by atoms with Crippen LogP contribution in [-0.2, 0) is 28.7 Å². The van der Waals surface area contributed by atoms with Gasteiger partial charge in [0.2, 0.25) is 0 Å². The Morgan fingerprint density at radius 2 is 2.03 bits per heavy atom. The first-order chi connectivity index (χ1) is 13.8. The zero-order valence-corrected chi connectivity index (χ0v) is 16.1. The average Bonchev–Trinajstić information content (AvgIpc) is 2.69. The monoisotopic (exact) mass is 404 g/mol. The fourth-order valence-electron chi connectivity index (χ4n) is 3.61. The Morgan fingerprint density at radius 3 is 2.76 bits per heavy atom. The van der Waals surface area contributed by atoms with Gasteiger partial charge in [-0.3, -0.25) is 4.79 Å². The molecule has 0 amide bonds. The molecule has 29 heavy (non-hydrogen) atoms. The second-order valence-electron chi connectivity index (χ2n) is 7.31. The van der Waals surface area contributed by atoms with Crippen molar-refractivity contribution in [3.63, 3.8) is 0 Å². The number of rotatable bonds is 6. The highest BCUT2D eigenvalue weighted by Gasteiger charge is 2.31. The Hall–Kier alpha value is -2.44. The molecule has 0 saturated carbocycles. The summed E-state index contributed by atoms with van der Waals surface area (Å²) in [6.07, 6.45) is 1.06. The summed E-state index contributed by atoms with van der Waals surface area (Å²) in [6, 6.07) is 9.79. The molecule has 2 aromatic rings. The van der Waals surface area contributed by atoms with Gasteiger partial charge in [0.15, 0.2) is 5.78 Å². The number of aryl methyl sites for hydroxylation is 2. The molecule has 1 atom stereocenters. The highest BCUT2D eigenvalue weighted by Crippen LogP contribution is 2.35. The van der Waals surface area contributed by atoms with Crippen LogP contribution >= 0.6 is 0 Å². The number of hydrogen-bond donors (Lipinski definition) is 1. The summed E-state index contributed by atoms with van der Waals surface area (Å²) in [5.74, 6) is -0.361. The van der Waals surface area contributed by atoms with Crippen molar-refractivity contribution in [3.8, 4) is 0 Å². The third-order valence-electron chi connectivity index (χ3n) is 4.96. The van der Waals surface area contributed by atoms with Crippen LogP contribution in [0.25, 0.3) is 6.08 Å². The molecule has 0 aliphatic heterocycles. The number of halogens is 3. The van der Waals surface area contributed by atoms with Gasteiger partial charge in [0.05, 0.1) is 18.3 Å². The zero-order valence-electron chi connectivity index (χ0n) is 16.1. The van der Waals surface area contributed by atoms with E-state index in [9.17, 15) is 18.0 Å². The maximum atomic E-state index is 13.0. The van der Waals surface area contributed by atoms with Crippen molar-refractivity contribution in [2.24, 2.45) is 0 Å². The summed E-state index contributed by atoms with van der Waals surface area (Å²) in [5, 5.41) is 8.79. The number of hydrogen-bond acceptors (Lipinski definition) is 3. The number of alkyl halides is 3. The molecule has 0 aromatic heterocycles. The molecule has 1 aliphatic carbocycles. The number of carbonyl (C=O) groups excluding carboxylic acids is 1. The van der Waals surface area contributed by atoms with E-state index in [-0.39, 0.29) is 18.5 Å². The summed E-state index contributed by atoms with van der Waals surface area (Å²) in [5.41, 5.74) is 3.40. The average molecular weight is 404 g/mol. The predicted octanol–water partition coefficient (Wildman–Crippen LogP) is 5.18. The lowest BCUT2D eigenvalue weighted by Crippen LogP contribution is -2.13. The molecule has 154 valence electrons. The molecular formula is C23H23F3O3. The minimum atomic E-state index is -4.38. The molecule has 0 spiro atoms. The summed E-state index contributed by atoms with van der Waals surface area (Å²) < 4.78 is 45.1. The first-order valence-corrected chi connectivity index (χ1v) is 9.50. The summed E-state index contributed by atoms with van der Waals surface area (Å²) in [7, 11) is 0. The number of carbonyl (C=O) groups is 1. The van der Waals surface area contributed by atoms with Gasteiger partial charge in [-0.05, 0) is 66.6 Å². The number of aliphatic hydroxyl groups excluding tert-OH is 1. The van der Waals surface area contributed by atoms with E-state index in [1.807, 2.05) is 18.2 Å². The third kappa shape index (κ3) is 5.55. The number of benzene rings is 2. The number of fused-ring (bicyclic) bond motifs is 1. The lowest BCUT2D eigenvalue weighted by atomic mass is 9.88. The smallest absolute Gasteiger partial charge is 0.388 e. The van der Waals surface area contributed by atoms with E-state index in [1.165, 1.54) is 6.08 Å². The van der Waals surface area contributed by atoms with Gasteiger partial charge >= 0.3 is 6.18 Å². The van der Waals surface area contributed by atoms with Crippen molar-refractivity contribution in [2.45, 2.75) is 45.1 Å². The van der Waals surface area contributed by atoms with Gasteiger partial charge in [-0.15, -0.1) is 0 Å². The molecule has 1 N–H and O–H groups in total. The molecule has 1 unspecified atom stereocenters. The SMILES string of the molecule is Cc1cc(COC2CCCc3cc(/C=C/C(=O)CO)ccc32)cc(C(F)(F)F)c1. The molecule has 3 nitrogen and oxygen atoms in total. The Balaban J connectivity index is 1.74. The van der Waals surface area contributed by atoms with E-state index in [0.29, 0.717) is 11.1 Å². The highest BCUT2D eigenvalue weighted by molar-refractivity contribution is 5.94. The minimum absolute atomic E-state index is 0.113. The summed E-state index contributed by atoms with van der Waals surface area (Å²) >= 11 is 0. The van der Waals surface area contributed by atoms with Crippen LogP contribution in [-0.4, -0.2) is 17.5 Å². The standard InChI is InChI=1S/C23H23F3O3/c1-15-9-17(12-19(10-15)23(24,25)26)14-29-22-4-2-3-18-11-16(6-8-21(18)22)5-7-20(28)13-27/h5-12,22,27H,2-4,13-14H2,1H3/b7-5+. The lowest BCUT2D eigenvalue weighted by molar-refractivity contribution is -0.137. The third-order valence-corrected chi connectivity index (χ3v) is 4.96. The Bertz CT molecular complexity index is 916. The van der Waals surface area contributed by atoms with Gasteiger partial charge in [0, 0.05) is 0 Å². The van der Waals surface area contributed by atoms with Crippen molar-refractivity contribution in [1.82, 2.24) is 0 Å². The molecule has 2 aromatic carbocycles. The molecule has 6 heteroatoms. The molecule has 3 rings (SSSR count). The van der Waals surface area contributed by atoms with E-state index in [1.54, 1.807) is 19.1 Å². The minimum Gasteiger partial charge on any atom is -0.388 e. The molecular weight excluding hydrogens is 381 g/mol. The Labute approximate surface area is 167 Å². The zero-order chi connectivity index (χ0) is 21.0. The maximum Gasteiger partial charge on any atom is 0.416 e. The molecule has 0 radical (unpaired) electrons. The van der Waals surface area contributed by atoms with E-state index in [2.05, 4.69) is 0 Å². The Kier molecular flexibility index (Phi) is 6.55. The van der Waals surface area contributed by atoms with Crippen LogP contribution in [0.4, 0.5) is 13.2 Å². The van der Waals surface area contributed by atoms with Crippen LogP contribution in [0.3, 0.4) is 0 Å². The molecule has 0 saturated heterocycles.